The molecule has 320 valence electrons. The molecule has 0 rings (SSSR count). The number of unbranched alkanes of at least 4 members (excludes halogenated alkanes) is 27. The lowest BCUT2D eigenvalue weighted by Gasteiger charge is -2.25. The quantitative estimate of drug-likeness (QED) is 0.0275. The van der Waals surface area contributed by atoms with E-state index in [1.54, 1.807) is 0 Å². The monoisotopic (exact) mass is 785 g/mol. The molecule has 0 aromatic carbocycles. The van der Waals surface area contributed by atoms with Crippen LogP contribution in [0.3, 0.4) is 0 Å². The molecule has 0 aromatic rings. The maximum absolute atomic E-state index is 12.8. The van der Waals surface area contributed by atoms with Crippen molar-refractivity contribution in [2.75, 3.05) is 19.8 Å². The third-order valence-corrected chi connectivity index (χ3v) is 11.3. The molecule has 0 aliphatic carbocycles. The molecule has 0 aliphatic rings. The summed E-state index contributed by atoms with van der Waals surface area (Å²) in [5, 5.41) is 13.8. The van der Waals surface area contributed by atoms with E-state index in [4.69, 9.17) is 14.8 Å². The normalized spacial score (nSPS) is 14.2. The first kappa shape index (κ1) is 53.0. The second-order valence-electron chi connectivity index (χ2n) is 15.6. The van der Waals surface area contributed by atoms with E-state index < -0.39 is 20.0 Å². The maximum Gasteiger partial charge on any atom is 0.472 e. The fourth-order valence-corrected chi connectivity index (χ4v) is 7.57. The van der Waals surface area contributed by atoms with Gasteiger partial charge in [-0.25, -0.2) is 4.57 Å². The molecule has 8 nitrogen and oxygen atoms in total. The van der Waals surface area contributed by atoms with Crippen LogP contribution in [0, 0.1) is 0 Å². The molecule has 0 saturated carbocycles. The lowest BCUT2D eigenvalue weighted by atomic mass is 10.0. The first-order chi connectivity index (χ1) is 26.4. The molecular weight excluding hydrogens is 695 g/mol. The number of nitrogens with one attached hydrogen (secondary N) is 1. The van der Waals surface area contributed by atoms with Crippen LogP contribution in [0.25, 0.3) is 0 Å². The smallest absolute Gasteiger partial charge is 0.391 e. The summed E-state index contributed by atoms with van der Waals surface area (Å²) in [6.07, 6.45) is 47.6. The van der Waals surface area contributed by atoms with Crippen LogP contribution in [0.4, 0.5) is 0 Å². The second-order valence-corrected chi connectivity index (χ2v) is 17.1. The van der Waals surface area contributed by atoms with Crippen molar-refractivity contribution in [2.24, 2.45) is 5.73 Å². The lowest BCUT2D eigenvalue weighted by Crippen LogP contribution is -2.46. The molecule has 0 radical (unpaired) electrons. The molecule has 0 heterocycles. The average Bonchev–Trinajstić information content (AvgIpc) is 3.16. The van der Waals surface area contributed by atoms with Crippen LogP contribution in [0.5, 0.6) is 0 Å². The van der Waals surface area contributed by atoms with Crippen LogP contribution < -0.4 is 11.1 Å². The van der Waals surface area contributed by atoms with Gasteiger partial charge in [0.05, 0.1) is 25.4 Å². The number of amides is 1. The summed E-state index contributed by atoms with van der Waals surface area (Å²) in [6.45, 7) is 4.19. The first-order valence-corrected chi connectivity index (χ1v) is 24.4. The summed E-state index contributed by atoms with van der Waals surface area (Å²) in [5.41, 5.74) is 5.38. The fraction of sp³-hybridized carbons (Fsp3) is 0.889. The maximum atomic E-state index is 12.8. The highest BCUT2D eigenvalue weighted by Gasteiger charge is 2.27. The Morgan fingerprint density at radius 1 is 0.611 bits per heavy atom. The van der Waals surface area contributed by atoms with Crippen LogP contribution in [0.15, 0.2) is 24.3 Å². The zero-order chi connectivity index (χ0) is 39.6. The molecule has 0 saturated heterocycles. The van der Waals surface area contributed by atoms with Crippen LogP contribution >= 0.6 is 7.82 Å². The van der Waals surface area contributed by atoms with E-state index in [0.29, 0.717) is 12.8 Å². The standard InChI is InChI=1S/C45H89N2O6P/c1-3-5-7-9-11-13-15-17-19-20-21-22-23-25-26-28-30-32-34-36-38-44(48)43(42-53-54(50,51)52-41-40-46)47-45(49)39-37-35-33-31-29-27-24-18-16-14-12-10-8-6-4-2/h12,14,18,24,43-44,48H,3-11,13,15-17,19-23,25-42,46H2,1-2H3,(H,47,49)(H,50,51)/b14-12-,24-18-. The van der Waals surface area contributed by atoms with Gasteiger partial charge >= 0.3 is 7.82 Å². The Bertz CT molecular complexity index is 901. The van der Waals surface area contributed by atoms with Crippen LogP contribution in [0.2, 0.25) is 0 Å². The highest BCUT2D eigenvalue weighted by atomic mass is 31.2. The van der Waals surface area contributed by atoms with Gasteiger partial charge in [0.25, 0.3) is 0 Å². The van der Waals surface area contributed by atoms with Crippen molar-refractivity contribution < 1.29 is 28.4 Å². The molecule has 0 aromatic heterocycles. The third kappa shape index (κ3) is 39.2. The molecule has 3 unspecified atom stereocenters. The number of hydrogen-bond donors (Lipinski definition) is 4. The van der Waals surface area contributed by atoms with Gasteiger partial charge < -0.3 is 21.1 Å². The summed E-state index contributed by atoms with van der Waals surface area (Å²) in [7, 11) is -4.32. The van der Waals surface area contributed by atoms with Crippen LogP contribution in [0.1, 0.15) is 226 Å². The van der Waals surface area contributed by atoms with Crippen molar-refractivity contribution in [3.8, 4) is 0 Å². The largest absolute Gasteiger partial charge is 0.472 e. The molecule has 9 heteroatoms. The van der Waals surface area contributed by atoms with E-state index in [9.17, 15) is 19.4 Å². The predicted octanol–water partition coefficient (Wildman–Crippen LogP) is 12.9. The Morgan fingerprint density at radius 3 is 1.50 bits per heavy atom. The summed E-state index contributed by atoms with van der Waals surface area (Å²) >= 11 is 0. The predicted molar refractivity (Wildman–Crippen MR) is 231 cm³/mol. The number of phosphoric ester groups is 1. The van der Waals surface area contributed by atoms with Crippen molar-refractivity contribution in [3.05, 3.63) is 24.3 Å². The minimum absolute atomic E-state index is 0.0870. The zero-order valence-electron chi connectivity index (χ0n) is 35.5. The van der Waals surface area contributed by atoms with Gasteiger partial charge in [-0.2, -0.15) is 0 Å². The van der Waals surface area contributed by atoms with Gasteiger partial charge in [-0.1, -0.05) is 199 Å². The molecular formula is C45H89N2O6P. The highest BCUT2D eigenvalue weighted by Crippen LogP contribution is 2.43. The number of carbonyl (C=O) groups is 1. The van der Waals surface area contributed by atoms with Gasteiger partial charge in [0, 0.05) is 13.0 Å². The van der Waals surface area contributed by atoms with Gasteiger partial charge in [0.1, 0.15) is 0 Å². The van der Waals surface area contributed by atoms with Crippen molar-refractivity contribution in [1.82, 2.24) is 5.32 Å². The van der Waals surface area contributed by atoms with E-state index in [1.807, 2.05) is 0 Å². The van der Waals surface area contributed by atoms with Gasteiger partial charge in [-0.3, -0.25) is 13.8 Å². The van der Waals surface area contributed by atoms with Crippen molar-refractivity contribution >= 4 is 13.7 Å². The Hall–Kier alpha value is -1.02. The summed E-state index contributed by atoms with van der Waals surface area (Å²) in [6, 6.07) is -0.780. The van der Waals surface area contributed by atoms with E-state index in [0.717, 1.165) is 64.2 Å². The summed E-state index contributed by atoms with van der Waals surface area (Å²) in [5.74, 6) is -0.174. The molecule has 5 N–H and O–H groups in total. The van der Waals surface area contributed by atoms with Crippen molar-refractivity contribution in [3.63, 3.8) is 0 Å². The number of allylic oxidation sites excluding steroid dienone is 4. The number of aliphatic hydroxyl groups is 1. The molecule has 54 heavy (non-hydrogen) atoms. The molecule has 1 amide bonds. The van der Waals surface area contributed by atoms with Gasteiger partial charge in [0.15, 0.2) is 0 Å². The fourth-order valence-electron chi connectivity index (χ4n) is 6.81. The highest BCUT2D eigenvalue weighted by molar-refractivity contribution is 7.47. The van der Waals surface area contributed by atoms with Crippen molar-refractivity contribution in [2.45, 2.75) is 238 Å². The number of hydrogen-bond acceptors (Lipinski definition) is 6. The van der Waals surface area contributed by atoms with E-state index >= 15 is 0 Å². The first-order valence-electron chi connectivity index (χ1n) is 23.0. The third-order valence-electron chi connectivity index (χ3n) is 10.3. The second kappa shape index (κ2) is 41.6. The number of rotatable bonds is 43. The zero-order valence-corrected chi connectivity index (χ0v) is 36.4. The molecule has 3 atom stereocenters. The SMILES string of the molecule is CCCCC/C=C\C/C=C\CCCCCCCC(=O)NC(COP(=O)(O)OCCN)C(O)CCCCCCCCCCCCCCCCCCCCCC. The Labute approximate surface area is 334 Å². The van der Waals surface area contributed by atoms with E-state index in [2.05, 4.69) is 43.5 Å². The van der Waals surface area contributed by atoms with Crippen LogP contribution in [-0.4, -0.2) is 47.8 Å². The minimum atomic E-state index is -4.32. The van der Waals surface area contributed by atoms with E-state index in [-0.39, 0.29) is 25.7 Å². The summed E-state index contributed by atoms with van der Waals surface area (Å²) < 4.78 is 22.2. The molecule has 0 fully saturated rings. The number of aliphatic hydroxyl groups excluding tert-OH is 1. The average molecular weight is 785 g/mol. The Morgan fingerprint density at radius 2 is 1.02 bits per heavy atom. The molecule has 0 spiro atoms. The van der Waals surface area contributed by atoms with Crippen molar-refractivity contribution in [1.29, 1.82) is 0 Å². The Balaban J connectivity index is 4.12. The lowest BCUT2D eigenvalue weighted by molar-refractivity contribution is -0.123. The van der Waals surface area contributed by atoms with Gasteiger partial charge in [0.2, 0.25) is 5.91 Å². The van der Waals surface area contributed by atoms with Gasteiger partial charge in [-0.15, -0.1) is 0 Å². The number of nitrogens with two attached hydrogens (primary N) is 1. The Kier molecular flexibility index (Phi) is 40.8. The number of carbonyl (C=O) groups excluding carboxylic acids is 1. The molecule has 0 aliphatic heterocycles. The summed E-state index contributed by atoms with van der Waals surface area (Å²) in [4.78, 5) is 22.7. The topological polar surface area (TPSA) is 131 Å². The van der Waals surface area contributed by atoms with Crippen LogP contribution in [-0.2, 0) is 18.4 Å². The molecule has 0 bridgehead atoms. The minimum Gasteiger partial charge on any atom is -0.391 e. The van der Waals surface area contributed by atoms with E-state index in [1.165, 1.54) is 135 Å². The van der Waals surface area contributed by atoms with Gasteiger partial charge in [-0.05, 0) is 44.9 Å². The number of phosphoric acid groups is 1.